The molecule has 0 saturated carbocycles. The summed E-state index contributed by atoms with van der Waals surface area (Å²) in [6, 6.07) is 0. The van der Waals surface area contributed by atoms with E-state index in [9.17, 15) is 10.1 Å². The second-order valence-corrected chi connectivity index (χ2v) is 4.51. The van der Waals surface area contributed by atoms with Crippen molar-refractivity contribution in [3.8, 4) is 0 Å². The highest BCUT2D eigenvalue weighted by molar-refractivity contribution is 5.59. The lowest BCUT2D eigenvalue weighted by Crippen LogP contribution is -2.40. The summed E-state index contributed by atoms with van der Waals surface area (Å²) in [5, 5.41) is 17.8. The average Bonchev–Trinajstić information content (AvgIpc) is 2.35. The first-order valence-electron chi connectivity index (χ1n) is 4.93. The third-order valence-corrected chi connectivity index (χ3v) is 2.08. The van der Waals surface area contributed by atoms with E-state index in [-0.39, 0.29) is 5.69 Å². The van der Waals surface area contributed by atoms with E-state index in [0.717, 1.165) is 0 Å². The molecule has 16 heavy (non-hydrogen) atoms. The van der Waals surface area contributed by atoms with Gasteiger partial charge in [-0.2, -0.15) is 5.10 Å². The van der Waals surface area contributed by atoms with Crippen LogP contribution < -0.4 is 11.1 Å². The van der Waals surface area contributed by atoms with E-state index in [2.05, 4.69) is 10.4 Å². The van der Waals surface area contributed by atoms with Crippen molar-refractivity contribution < 1.29 is 4.92 Å². The smallest absolute Gasteiger partial charge is 0.333 e. The monoisotopic (exact) mass is 227 g/mol. The predicted octanol–water partition coefficient (Wildman–Crippen LogP) is 0.786. The number of aromatic nitrogens is 2. The van der Waals surface area contributed by atoms with Gasteiger partial charge in [0.2, 0.25) is 5.82 Å². The average molecular weight is 227 g/mol. The number of hydrogen-bond acceptors (Lipinski definition) is 5. The summed E-state index contributed by atoms with van der Waals surface area (Å²) >= 11 is 0. The molecule has 1 aromatic heterocycles. The first-order valence-corrected chi connectivity index (χ1v) is 4.93. The van der Waals surface area contributed by atoms with Crippen molar-refractivity contribution in [2.45, 2.75) is 26.3 Å². The summed E-state index contributed by atoms with van der Waals surface area (Å²) in [5.74, 6) is 0.390. The highest BCUT2D eigenvalue weighted by Gasteiger charge is 2.24. The van der Waals surface area contributed by atoms with Crippen LogP contribution in [0, 0.1) is 17.0 Å². The quantitative estimate of drug-likeness (QED) is 0.585. The van der Waals surface area contributed by atoms with Crippen molar-refractivity contribution in [1.82, 2.24) is 9.78 Å². The molecular weight excluding hydrogens is 210 g/mol. The van der Waals surface area contributed by atoms with Crippen molar-refractivity contribution >= 4 is 11.5 Å². The van der Waals surface area contributed by atoms with E-state index < -0.39 is 10.5 Å². The van der Waals surface area contributed by atoms with Crippen molar-refractivity contribution in [3.05, 3.63) is 15.8 Å². The Kier molecular flexibility index (Phi) is 3.18. The van der Waals surface area contributed by atoms with Gasteiger partial charge in [-0.05, 0) is 20.8 Å². The van der Waals surface area contributed by atoms with Gasteiger partial charge in [0.05, 0.1) is 4.92 Å². The van der Waals surface area contributed by atoms with Crippen LogP contribution in [0.15, 0.2) is 0 Å². The van der Waals surface area contributed by atoms with Gasteiger partial charge in [0, 0.05) is 19.1 Å². The van der Waals surface area contributed by atoms with Crippen LogP contribution >= 0.6 is 0 Å². The van der Waals surface area contributed by atoms with Crippen LogP contribution in [0.5, 0.6) is 0 Å². The van der Waals surface area contributed by atoms with Crippen molar-refractivity contribution in [1.29, 1.82) is 0 Å². The molecule has 1 heterocycles. The highest BCUT2D eigenvalue weighted by atomic mass is 16.6. The third-order valence-electron chi connectivity index (χ3n) is 2.08. The molecule has 3 N–H and O–H groups in total. The van der Waals surface area contributed by atoms with E-state index in [1.807, 2.05) is 13.8 Å². The number of rotatable bonds is 4. The summed E-state index contributed by atoms with van der Waals surface area (Å²) in [6.07, 6.45) is 0. The summed E-state index contributed by atoms with van der Waals surface area (Å²) < 4.78 is 1.46. The van der Waals surface area contributed by atoms with Crippen molar-refractivity contribution in [2.24, 2.45) is 12.8 Å². The fraction of sp³-hybridized carbons (Fsp3) is 0.667. The number of nitrogens with two attached hydrogens (primary N) is 1. The molecule has 0 aliphatic rings. The van der Waals surface area contributed by atoms with Crippen molar-refractivity contribution in [3.63, 3.8) is 0 Å². The highest BCUT2D eigenvalue weighted by Crippen LogP contribution is 2.27. The Morgan fingerprint density at radius 2 is 2.19 bits per heavy atom. The van der Waals surface area contributed by atoms with Gasteiger partial charge >= 0.3 is 5.69 Å². The zero-order valence-corrected chi connectivity index (χ0v) is 9.94. The molecule has 0 aliphatic carbocycles. The van der Waals surface area contributed by atoms with Crippen molar-refractivity contribution in [2.75, 3.05) is 11.9 Å². The van der Waals surface area contributed by atoms with E-state index in [1.165, 1.54) is 4.68 Å². The number of aryl methyl sites for hydroxylation is 2. The predicted molar refractivity (Wildman–Crippen MR) is 61.4 cm³/mol. The summed E-state index contributed by atoms with van der Waals surface area (Å²) in [7, 11) is 1.66. The minimum Gasteiger partial charge on any atom is -0.363 e. The van der Waals surface area contributed by atoms with Gasteiger partial charge in [-0.25, -0.2) is 4.68 Å². The van der Waals surface area contributed by atoms with E-state index in [4.69, 9.17) is 5.73 Å². The third kappa shape index (κ3) is 2.69. The molecule has 0 spiro atoms. The Bertz CT molecular complexity index is 405. The van der Waals surface area contributed by atoms with Gasteiger partial charge in [0.15, 0.2) is 0 Å². The Hall–Kier alpha value is -1.63. The van der Waals surface area contributed by atoms with E-state index in [0.29, 0.717) is 18.1 Å². The number of nitro groups is 1. The Morgan fingerprint density at radius 1 is 1.62 bits per heavy atom. The zero-order valence-electron chi connectivity index (χ0n) is 9.94. The Balaban J connectivity index is 2.99. The molecule has 0 atom stereocenters. The number of hydrogen-bond donors (Lipinski definition) is 2. The maximum absolute atomic E-state index is 10.9. The fourth-order valence-corrected chi connectivity index (χ4v) is 1.38. The van der Waals surface area contributed by atoms with Gasteiger partial charge < -0.3 is 11.1 Å². The van der Waals surface area contributed by atoms with Crippen LogP contribution in [0.2, 0.25) is 0 Å². The van der Waals surface area contributed by atoms with E-state index >= 15 is 0 Å². The van der Waals surface area contributed by atoms with E-state index in [1.54, 1.807) is 14.0 Å². The molecule has 0 amide bonds. The topological polar surface area (TPSA) is 99.0 Å². The van der Waals surface area contributed by atoms with Crippen LogP contribution in [0.3, 0.4) is 0 Å². The second kappa shape index (κ2) is 4.09. The summed E-state index contributed by atoms with van der Waals surface area (Å²) in [5.41, 5.74) is 5.77. The summed E-state index contributed by atoms with van der Waals surface area (Å²) in [6.45, 7) is 5.73. The Morgan fingerprint density at radius 3 is 2.62 bits per heavy atom. The van der Waals surface area contributed by atoms with Crippen LogP contribution in [0.1, 0.15) is 19.5 Å². The molecule has 0 radical (unpaired) electrons. The molecule has 0 bridgehead atoms. The molecule has 1 rings (SSSR count). The van der Waals surface area contributed by atoms with Gasteiger partial charge in [-0.1, -0.05) is 0 Å². The minimum absolute atomic E-state index is 0.00625. The summed E-state index contributed by atoms with van der Waals surface area (Å²) in [4.78, 5) is 10.4. The maximum atomic E-state index is 10.9. The van der Waals surface area contributed by atoms with Gasteiger partial charge in [0.1, 0.15) is 5.69 Å². The van der Waals surface area contributed by atoms with Crippen LogP contribution in [-0.2, 0) is 7.05 Å². The van der Waals surface area contributed by atoms with Crippen LogP contribution in [0.25, 0.3) is 0 Å². The molecule has 0 aromatic carbocycles. The molecule has 0 fully saturated rings. The normalized spacial score (nSPS) is 11.6. The molecule has 7 nitrogen and oxygen atoms in total. The van der Waals surface area contributed by atoms with Gasteiger partial charge in [-0.15, -0.1) is 0 Å². The lowest BCUT2D eigenvalue weighted by Gasteiger charge is -2.19. The van der Waals surface area contributed by atoms with Gasteiger partial charge in [-0.3, -0.25) is 10.1 Å². The molecule has 0 aliphatic heterocycles. The molecule has 1 aromatic rings. The number of nitrogens with one attached hydrogen (secondary N) is 1. The second-order valence-electron chi connectivity index (χ2n) is 4.51. The van der Waals surface area contributed by atoms with Crippen LogP contribution in [-0.4, -0.2) is 26.8 Å². The number of anilines is 1. The largest absolute Gasteiger partial charge is 0.363 e. The minimum atomic E-state index is -0.438. The fourth-order valence-electron chi connectivity index (χ4n) is 1.38. The molecule has 90 valence electrons. The standard InChI is InChI=1S/C9H17N5O2/c1-6-7(14(15)16)8(13(4)12-6)11-5-9(2,3)10/h11H,5,10H2,1-4H3. The van der Waals surface area contributed by atoms with Crippen LogP contribution in [0.4, 0.5) is 11.5 Å². The zero-order chi connectivity index (χ0) is 12.5. The maximum Gasteiger partial charge on any atom is 0.333 e. The number of nitrogens with zero attached hydrogens (tertiary/aromatic N) is 3. The molecule has 0 unspecified atom stereocenters. The molecular formula is C9H17N5O2. The SMILES string of the molecule is Cc1nn(C)c(NCC(C)(C)N)c1[N+](=O)[O-]. The first-order chi connectivity index (χ1) is 7.22. The van der Waals surface area contributed by atoms with Gasteiger partial charge in [0.25, 0.3) is 0 Å². The molecule has 0 saturated heterocycles. The lowest BCUT2D eigenvalue weighted by molar-refractivity contribution is -0.384. The molecule has 7 heteroatoms. The lowest BCUT2D eigenvalue weighted by atomic mass is 10.1. The first kappa shape index (κ1) is 12.4. The Labute approximate surface area is 93.8 Å².